The van der Waals surface area contributed by atoms with E-state index >= 15 is 0 Å². The number of ketones is 1. The Bertz CT molecular complexity index is 1430. The fraction of sp³-hybridized carbons (Fsp3) is 0.370. The first-order valence-electron chi connectivity index (χ1n) is 12.1. The van der Waals surface area contributed by atoms with Crippen LogP contribution in [0.25, 0.3) is 11.1 Å². The fourth-order valence-corrected chi connectivity index (χ4v) is 4.98. The van der Waals surface area contributed by atoms with Crippen LogP contribution in [0.4, 0.5) is 0 Å². The van der Waals surface area contributed by atoms with Gasteiger partial charge in [0.05, 0.1) is 13.5 Å². The molecule has 10 heteroatoms. The molecule has 1 aromatic carbocycles. The van der Waals surface area contributed by atoms with Crippen LogP contribution in [0.2, 0.25) is 0 Å². The molecule has 37 heavy (non-hydrogen) atoms. The lowest BCUT2D eigenvalue weighted by atomic mass is 9.82. The molecule has 1 fully saturated rings. The maximum atomic E-state index is 13.2. The summed E-state index contributed by atoms with van der Waals surface area (Å²) in [7, 11) is 5.43. The van der Waals surface area contributed by atoms with E-state index in [1.165, 1.54) is 13.3 Å². The first-order valence-corrected chi connectivity index (χ1v) is 12.1. The average molecular weight is 505 g/mol. The molecule has 192 valence electrons. The zero-order valence-electron chi connectivity index (χ0n) is 21.0. The largest absolute Gasteiger partial charge is 0.497 e. The number of pyridine rings is 1. The Morgan fingerprint density at radius 2 is 2.03 bits per heavy atom. The molecule has 3 amide bonds. The summed E-state index contributed by atoms with van der Waals surface area (Å²) in [6, 6.07) is 8.51. The summed E-state index contributed by atoms with van der Waals surface area (Å²) in [4.78, 5) is 59.3. The van der Waals surface area contributed by atoms with Gasteiger partial charge in [-0.05, 0) is 50.8 Å². The topological polar surface area (TPSA) is 122 Å². The molecule has 0 aliphatic carbocycles. The van der Waals surface area contributed by atoms with Gasteiger partial charge in [0.15, 0.2) is 11.4 Å². The van der Waals surface area contributed by atoms with E-state index in [-0.39, 0.29) is 30.4 Å². The van der Waals surface area contributed by atoms with Crippen molar-refractivity contribution in [2.24, 2.45) is 0 Å². The molecule has 2 aliphatic rings. The van der Waals surface area contributed by atoms with Crippen molar-refractivity contribution >= 4 is 34.6 Å². The predicted molar refractivity (Wildman–Crippen MR) is 133 cm³/mol. The Morgan fingerprint density at radius 1 is 1.22 bits per heavy atom. The molecule has 1 atom stereocenters. The van der Waals surface area contributed by atoms with Crippen molar-refractivity contribution in [3.05, 3.63) is 59.0 Å². The van der Waals surface area contributed by atoms with Gasteiger partial charge >= 0.3 is 0 Å². The van der Waals surface area contributed by atoms with Gasteiger partial charge in [-0.1, -0.05) is 6.07 Å². The molecule has 2 aromatic heterocycles. The highest BCUT2D eigenvalue weighted by atomic mass is 16.5. The van der Waals surface area contributed by atoms with Gasteiger partial charge in [0.25, 0.3) is 5.91 Å². The lowest BCUT2D eigenvalue weighted by molar-refractivity contribution is -0.127. The van der Waals surface area contributed by atoms with Crippen LogP contribution in [-0.2, 0) is 21.5 Å². The summed E-state index contributed by atoms with van der Waals surface area (Å²) in [6.45, 7) is 1.05. The van der Waals surface area contributed by atoms with E-state index in [1.807, 2.05) is 25.1 Å². The number of carbonyl (C=O) groups excluding carboxylic acids is 4. The third-order valence-electron chi connectivity index (χ3n) is 6.98. The minimum Gasteiger partial charge on any atom is -0.497 e. The Kier molecular flexibility index (Phi) is 6.28. The second-order valence-corrected chi connectivity index (χ2v) is 9.87. The van der Waals surface area contributed by atoms with Crippen LogP contribution in [0, 0.1) is 0 Å². The number of aromatic nitrogens is 1. The molecule has 2 aliphatic heterocycles. The molecule has 0 spiro atoms. The first kappa shape index (κ1) is 24.6. The van der Waals surface area contributed by atoms with Gasteiger partial charge in [-0.2, -0.15) is 0 Å². The maximum absolute atomic E-state index is 13.2. The first-order chi connectivity index (χ1) is 17.7. The number of rotatable bonds is 9. The van der Waals surface area contributed by atoms with Gasteiger partial charge in [-0.25, -0.2) is 0 Å². The fourth-order valence-electron chi connectivity index (χ4n) is 4.98. The third-order valence-corrected chi connectivity index (χ3v) is 6.98. The van der Waals surface area contributed by atoms with Crippen LogP contribution in [0.5, 0.6) is 5.75 Å². The number of methoxy groups -OCH3 is 1. The van der Waals surface area contributed by atoms with Crippen molar-refractivity contribution < 1.29 is 28.3 Å². The number of Topliss-reactive ketones (excluding diaryl/α,β-unsaturated/α-hetero) is 1. The number of furan rings is 1. The number of benzene rings is 1. The van der Waals surface area contributed by atoms with Crippen molar-refractivity contribution in [1.29, 1.82) is 0 Å². The molecule has 0 unspecified atom stereocenters. The van der Waals surface area contributed by atoms with E-state index in [9.17, 15) is 19.2 Å². The Balaban J connectivity index is 1.44. The average Bonchev–Trinajstić information content (AvgIpc) is 3.52. The minimum absolute atomic E-state index is 0.0451. The number of carbonyl (C=O) groups is 4. The molecular formula is C27H28N4O6. The predicted octanol–water partition coefficient (Wildman–Crippen LogP) is 2.30. The van der Waals surface area contributed by atoms with Crippen molar-refractivity contribution in [3.8, 4) is 5.75 Å². The molecular weight excluding hydrogens is 476 g/mol. The molecule has 5 rings (SSSR count). The molecule has 4 heterocycles. The van der Waals surface area contributed by atoms with E-state index in [4.69, 9.17) is 9.15 Å². The number of ether oxygens (including phenoxy) is 1. The lowest BCUT2D eigenvalue weighted by Gasteiger charge is -2.28. The summed E-state index contributed by atoms with van der Waals surface area (Å²) in [6.07, 6.45) is 2.44. The number of hydrogen-bond donors (Lipinski definition) is 1. The number of hydrogen-bond acceptors (Lipinski definition) is 8. The second-order valence-electron chi connectivity index (χ2n) is 9.87. The van der Waals surface area contributed by atoms with Crippen molar-refractivity contribution in [2.75, 3.05) is 34.3 Å². The van der Waals surface area contributed by atoms with Crippen LogP contribution >= 0.6 is 0 Å². The van der Waals surface area contributed by atoms with Gasteiger partial charge < -0.3 is 19.0 Å². The third kappa shape index (κ3) is 4.48. The Labute approximate surface area is 213 Å². The summed E-state index contributed by atoms with van der Waals surface area (Å²) in [5.41, 5.74) is 1.15. The quantitative estimate of drug-likeness (QED) is 0.348. The number of fused-ring (bicyclic) bond motifs is 2. The lowest BCUT2D eigenvalue weighted by Crippen LogP contribution is -2.46. The van der Waals surface area contributed by atoms with E-state index in [1.54, 1.807) is 29.2 Å². The zero-order valence-corrected chi connectivity index (χ0v) is 21.0. The van der Waals surface area contributed by atoms with Gasteiger partial charge in [0.2, 0.25) is 11.8 Å². The second kappa shape index (κ2) is 9.44. The van der Waals surface area contributed by atoms with E-state index in [0.29, 0.717) is 40.9 Å². The van der Waals surface area contributed by atoms with Crippen LogP contribution in [0.3, 0.4) is 0 Å². The number of imide groups is 1. The Hall–Kier alpha value is -4.05. The van der Waals surface area contributed by atoms with E-state index in [0.717, 1.165) is 18.5 Å². The van der Waals surface area contributed by atoms with Gasteiger partial charge in [0.1, 0.15) is 22.4 Å². The van der Waals surface area contributed by atoms with Crippen molar-refractivity contribution in [3.63, 3.8) is 0 Å². The van der Waals surface area contributed by atoms with Gasteiger partial charge in [-0.15, -0.1) is 0 Å². The molecule has 1 saturated heterocycles. The van der Waals surface area contributed by atoms with Crippen molar-refractivity contribution in [2.45, 2.75) is 31.2 Å². The number of nitrogens with zero attached hydrogens (tertiary/aromatic N) is 3. The Morgan fingerprint density at radius 3 is 2.73 bits per heavy atom. The van der Waals surface area contributed by atoms with E-state index < -0.39 is 17.2 Å². The van der Waals surface area contributed by atoms with E-state index in [2.05, 4.69) is 10.3 Å². The highest BCUT2D eigenvalue weighted by Gasteiger charge is 2.53. The molecule has 0 bridgehead atoms. The summed E-state index contributed by atoms with van der Waals surface area (Å²) < 4.78 is 11.3. The van der Waals surface area contributed by atoms with Crippen LogP contribution in [0.1, 0.15) is 51.3 Å². The number of amides is 3. The normalized spacial score (nSPS) is 19.1. The SMILES string of the molecule is COc1ccc2c(c1)C(=O)N(C[C@@]1(c3cc4ncc(C(=O)CCCN(C)C)cc4o3)CC(=O)NC1=O)C2. The van der Waals surface area contributed by atoms with Gasteiger partial charge in [-0.3, -0.25) is 29.5 Å². The molecule has 10 nitrogen and oxygen atoms in total. The summed E-state index contributed by atoms with van der Waals surface area (Å²) in [5.74, 6) is -0.475. The standard InChI is InChI=1S/C27H28N4O6/c1-30(2)8-4-5-21(32)17-9-22-20(28-13-17)11-23(37-22)27(12-24(33)29-26(27)35)15-31-14-16-6-7-18(36-3)10-19(16)25(31)34/h6-7,9-11,13H,4-5,8,12,14-15H2,1-3H3,(H,29,33,35)/t27-/m1/s1. The smallest absolute Gasteiger partial charge is 0.254 e. The molecule has 0 radical (unpaired) electrons. The zero-order chi connectivity index (χ0) is 26.3. The highest BCUT2D eigenvalue weighted by molar-refractivity contribution is 6.10. The summed E-state index contributed by atoms with van der Waals surface area (Å²) >= 11 is 0. The minimum atomic E-state index is -1.41. The molecule has 0 saturated carbocycles. The maximum Gasteiger partial charge on any atom is 0.254 e. The van der Waals surface area contributed by atoms with Crippen LogP contribution < -0.4 is 10.1 Å². The van der Waals surface area contributed by atoms with Gasteiger partial charge in [0, 0.05) is 42.9 Å². The highest BCUT2D eigenvalue weighted by Crippen LogP contribution is 2.39. The van der Waals surface area contributed by atoms with Crippen molar-refractivity contribution in [1.82, 2.24) is 20.1 Å². The van der Waals surface area contributed by atoms with Crippen LogP contribution in [-0.4, -0.2) is 72.6 Å². The van der Waals surface area contributed by atoms with Crippen LogP contribution in [0.15, 0.2) is 40.9 Å². The molecule has 1 N–H and O–H groups in total. The number of nitrogens with one attached hydrogen (secondary N) is 1. The molecule has 3 aromatic rings. The monoisotopic (exact) mass is 504 g/mol. The summed E-state index contributed by atoms with van der Waals surface area (Å²) in [5, 5.41) is 2.37.